The molecule has 1 fully saturated rings. The smallest absolute Gasteiger partial charge is 0.335 e. The van der Waals surface area contributed by atoms with E-state index in [1.54, 1.807) is 24.3 Å². The maximum Gasteiger partial charge on any atom is 0.335 e. The third-order valence-corrected chi connectivity index (χ3v) is 3.73. The quantitative estimate of drug-likeness (QED) is 0.775. The van der Waals surface area contributed by atoms with Gasteiger partial charge in [0.1, 0.15) is 12.4 Å². The lowest BCUT2D eigenvalue weighted by atomic mass is 10.0. The van der Waals surface area contributed by atoms with E-state index in [2.05, 4.69) is 12.2 Å². The molecule has 0 radical (unpaired) electrons. The maximum atomic E-state index is 10.7. The van der Waals surface area contributed by atoms with E-state index in [-0.39, 0.29) is 11.1 Å². The second kappa shape index (κ2) is 6.06. The summed E-state index contributed by atoms with van der Waals surface area (Å²) in [5, 5.41) is 12.3. The van der Waals surface area contributed by atoms with Crippen LogP contribution in [0.25, 0.3) is 0 Å². The van der Waals surface area contributed by atoms with E-state index >= 15 is 0 Å². The number of hydrogen-bond donors (Lipinski definition) is 2. The lowest BCUT2D eigenvalue weighted by molar-refractivity contribution is 0.0697. The van der Waals surface area contributed by atoms with Crippen molar-refractivity contribution in [2.75, 3.05) is 13.2 Å². The number of carboxylic acids is 1. The normalized spacial score (nSPS) is 17.3. The standard InChI is InChI=1S/C15H21NO3/c1-15(8-2-3-9-15)16-10-11-19-13-6-4-12(5-7-13)14(17)18/h4-7,16H,2-3,8-11H2,1H3,(H,17,18). The van der Waals surface area contributed by atoms with Gasteiger partial charge in [-0.3, -0.25) is 0 Å². The molecule has 0 aliphatic heterocycles. The zero-order valence-electron chi connectivity index (χ0n) is 11.3. The minimum Gasteiger partial charge on any atom is -0.492 e. The van der Waals surface area contributed by atoms with E-state index in [1.807, 2.05) is 0 Å². The molecule has 19 heavy (non-hydrogen) atoms. The first-order valence-corrected chi connectivity index (χ1v) is 6.80. The summed E-state index contributed by atoms with van der Waals surface area (Å²) < 4.78 is 5.59. The van der Waals surface area contributed by atoms with Crippen molar-refractivity contribution in [1.82, 2.24) is 5.32 Å². The molecule has 0 amide bonds. The van der Waals surface area contributed by atoms with Gasteiger partial charge in [0.25, 0.3) is 0 Å². The molecule has 2 rings (SSSR count). The van der Waals surface area contributed by atoms with E-state index in [1.165, 1.54) is 25.7 Å². The third kappa shape index (κ3) is 3.96. The number of nitrogens with one attached hydrogen (secondary N) is 1. The number of ether oxygens (including phenoxy) is 1. The van der Waals surface area contributed by atoms with E-state index < -0.39 is 5.97 Å². The van der Waals surface area contributed by atoms with Crippen LogP contribution < -0.4 is 10.1 Å². The first-order valence-electron chi connectivity index (χ1n) is 6.80. The highest BCUT2D eigenvalue weighted by atomic mass is 16.5. The summed E-state index contributed by atoms with van der Waals surface area (Å²) in [6, 6.07) is 6.51. The van der Waals surface area contributed by atoms with E-state index in [9.17, 15) is 4.79 Å². The Morgan fingerprint density at radius 1 is 1.32 bits per heavy atom. The molecule has 1 saturated carbocycles. The molecule has 0 saturated heterocycles. The number of benzene rings is 1. The van der Waals surface area contributed by atoms with Crippen LogP contribution in [-0.4, -0.2) is 29.8 Å². The van der Waals surface area contributed by atoms with Crippen molar-refractivity contribution in [2.45, 2.75) is 38.1 Å². The minimum atomic E-state index is -0.914. The van der Waals surface area contributed by atoms with Crippen molar-refractivity contribution >= 4 is 5.97 Å². The fourth-order valence-corrected chi connectivity index (χ4v) is 2.55. The SMILES string of the molecule is CC1(NCCOc2ccc(C(=O)O)cc2)CCCC1. The Kier molecular flexibility index (Phi) is 4.43. The van der Waals surface area contributed by atoms with Gasteiger partial charge in [0.05, 0.1) is 5.56 Å². The topological polar surface area (TPSA) is 58.6 Å². The summed E-state index contributed by atoms with van der Waals surface area (Å²) in [6.45, 7) is 3.68. The average molecular weight is 263 g/mol. The van der Waals surface area contributed by atoms with Crippen molar-refractivity contribution in [3.8, 4) is 5.75 Å². The van der Waals surface area contributed by atoms with Crippen LogP contribution in [0.4, 0.5) is 0 Å². The summed E-state index contributed by atoms with van der Waals surface area (Å²) in [6.07, 6.45) is 5.09. The van der Waals surface area contributed by atoms with Gasteiger partial charge in [0.15, 0.2) is 0 Å². The predicted octanol–water partition coefficient (Wildman–Crippen LogP) is 2.69. The molecule has 1 aliphatic carbocycles. The van der Waals surface area contributed by atoms with Gasteiger partial charge in [-0.2, -0.15) is 0 Å². The number of carbonyl (C=O) groups is 1. The van der Waals surface area contributed by atoms with Crippen LogP contribution in [0.2, 0.25) is 0 Å². The molecule has 2 N–H and O–H groups in total. The minimum absolute atomic E-state index is 0.274. The fourth-order valence-electron chi connectivity index (χ4n) is 2.55. The maximum absolute atomic E-state index is 10.7. The molecular formula is C15H21NO3. The second-order valence-electron chi connectivity index (χ2n) is 5.37. The van der Waals surface area contributed by atoms with Crippen molar-refractivity contribution in [1.29, 1.82) is 0 Å². The van der Waals surface area contributed by atoms with Crippen LogP contribution in [-0.2, 0) is 0 Å². The zero-order chi connectivity index (χ0) is 13.7. The molecule has 0 unspecified atom stereocenters. The van der Waals surface area contributed by atoms with Crippen LogP contribution in [0, 0.1) is 0 Å². The Morgan fingerprint density at radius 2 is 1.95 bits per heavy atom. The Morgan fingerprint density at radius 3 is 2.53 bits per heavy atom. The van der Waals surface area contributed by atoms with Gasteiger partial charge in [-0.05, 0) is 44.0 Å². The van der Waals surface area contributed by atoms with E-state index in [0.29, 0.717) is 12.4 Å². The summed E-state index contributed by atoms with van der Waals surface area (Å²) in [5.74, 6) is -0.203. The van der Waals surface area contributed by atoms with E-state index in [0.717, 1.165) is 6.54 Å². The second-order valence-corrected chi connectivity index (χ2v) is 5.37. The van der Waals surface area contributed by atoms with Gasteiger partial charge in [0, 0.05) is 12.1 Å². The molecule has 0 atom stereocenters. The summed E-state index contributed by atoms with van der Waals surface area (Å²) in [4.78, 5) is 10.7. The van der Waals surface area contributed by atoms with Gasteiger partial charge in [-0.1, -0.05) is 12.8 Å². The molecule has 0 spiro atoms. The lowest BCUT2D eigenvalue weighted by Gasteiger charge is -2.25. The third-order valence-electron chi connectivity index (χ3n) is 3.73. The van der Waals surface area contributed by atoms with Gasteiger partial charge in [0.2, 0.25) is 0 Å². The van der Waals surface area contributed by atoms with Gasteiger partial charge < -0.3 is 15.2 Å². The molecular weight excluding hydrogens is 242 g/mol. The van der Waals surface area contributed by atoms with Crippen molar-refractivity contribution in [3.05, 3.63) is 29.8 Å². The molecule has 1 aliphatic rings. The number of rotatable bonds is 6. The summed E-state index contributed by atoms with van der Waals surface area (Å²) in [5.41, 5.74) is 0.556. The molecule has 1 aromatic rings. The summed E-state index contributed by atoms with van der Waals surface area (Å²) >= 11 is 0. The zero-order valence-corrected chi connectivity index (χ0v) is 11.3. The largest absolute Gasteiger partial charge is 0.492 e. The van der Waals surface area contributed by atoms with Crippen molar-refractivity contribution in [2.24, 2.45) is 0 Å². The molecule has 0 heterocycles. The van der Waals surface area contributed by atoms with Crippen LogP contribution in [0.3, 0.4) is 0 Å². The van der Waals surface area contributed by atoms with E-state index in [4.69, 9.17) is 9.84 Å². The van der Waals surface area contributed by atoms with Crippen LogP contribution in [0.1, 0.15) is 43.0 Å². The van der Waals surface area contributed by atoms with Gasteiger partial charge in [-0.15, -0.1) is 0 Å². The molecule has 1 aromatic carbocycles. The van der Waals surface area contributed by atoms with Crippen LogP contribution in [0.5, 0.6) is 5.75 Å². The Hall–Kier alpha value is -1.55. The number of aromatic carboxylic acids is 1. The van der Waals surface area contributed by atoms with Gasteiger partial charge >= 0.3 is 5.97 Å². The van der Waals surface area contributed by atoms with Crippen molar-refractivity contribution in [3.63, 3.8) is 0 Å². The van der Waals surface area contributed by atoms with Crippen LogP contribution in [0.15, 0.2) is 24.3 Å². The Labute approximate surface area is 113 Å². The van der Waals surface area contributed by atoms with Gasteiger partial charge in [-0.25, -0.2) is 4.79 Å². The monoisotopic (exact) mass is 263 g/mol. The number of hydrogen-bond acceptors (Lipinski definition) is 3. The molecule has 104 valence electrons. The molecule has 4 heteroatoms. The average Bonchev–Trinajstić information content (AvgIpc) is 2.83. The fraction of sp³-hybridized carbons (Fsp3) is 0.533. The first-order chi connectivity index (χ1) is 9.09. The lowest BCUT2D eigenvalue weighted by Crippen LogP contribution is -2.41. The Bertz CT molecular complexity index is 422. The first kappa shape index (κ1) is 13.9. The highest BCUT2D eigenvalue weighted by molar-refractivity contribution is 5.87. The summed E-state index contributed by atoms with van der Waals surface area (Å²) in [7, 11) is 0. The number of carboxylic acid groups (broad SMARTS) is 1. The highest BCUT2D eigenvalue weighted by Gasteiger charge is 2.27. The molecule has 0 bridgehead atoms. The Balaban J connectivity index is 1.72. The molecule has 4 nitrogen and oxygen atoms in total. The molecule has 0 aromatic heterocycles. The van der Waals surface area contributed by atoms with Crippen LogP contribution >= 0.6 is 0 Å². The predicted molar refractivity (Wildman–Crippen MR) is 73.8 cm³/mol. The highest BCUT2D eigenvalue weighted by Crippen LogP contribution is 2.28. The van der Waals surface area contributed by atoms with Crippen molar-refractivity contribution < 1.29 is 14.6 Å².